The highest BCUT2D eigenvalue weighted by molar-refractivity contribution is 7.85. The van der Waals surface area contributed by atoms with Crippen LogP contribution in [0.25, 0.3) is 0 Å². The van der Waals surface area contributed by atoms with Crippen molar-refractivity contribution in [1.29, 1.82) is 0 Å². The van der Waals surface area contributed by atoms with Crippen molar-refractivity contribution in [2.24, 2.45) is 0 Å². The van der Waals surface area contributed by atoms with Crippen molar-refractivity contribution < 1.29 is 13.0 Å². The van der Waals surface area contributed by atoms with Crippen molar-refractivity contribution in [1.82, 2.24) is 15.4 Å². The third kappa shape index (κ3) is 1.59. The van der Waals surface area contributed by atoms with E-state index in [4.69, 9.17) is 4.55 Å². The Labute approximate surface area is 60.8 Å². The van der Waals surface area contributed by atoms with Crippen molar-refractivity contribution in [3.8, 4) is 0 Å². The molecule has 0 atom stereocenters. The van der Waals surface area contributed by atoms with E-state index in [2.05, 4.69) is 10.3 Å². The fourth-order valence-electron chi connectivity index (χ4n) is 0.453. The largest absolute Gasteiger partial charge is 0.301 e. The quantitative estimate of drug-likeness (QED) is 0.500. The van der Waals surface area contributed by atoms with Gasteiger partial charge in [0.25, 0.3) is 5.56 Å². The van der Waals surface area contributed by atoms with Crippen LogP contribution in [0.2, 0.25) is 0 Å². The summed E-state index contributed by atoms with van der Waals surface area (Å²) < 4.78 is 29.0. The predicted molar refractivity (Wildman–Crippen MR) is 32.5 cm³/mol. The Kier molecular flexibility index (Phi) is 1.71. The number of rotatable bonds is 1. The summed E-state index contributed by atoms with van der Waals surface area (Å²) in [5, 5.41) is 7.81. The lowest BCUT2D eigenvalue weighted by molar-refractivity contribution is 0.480. The number of nitrogens with zero attached hydrogens (tertiary/aromatic N) is 2. The summed E-state index contributed by atoms with van der Waals surface area (Å²) in [4.78, 5) is 9.76. The lowest BCUT2D eigenvalue weighted by Crippen LogP contribution is -2.18. The Morgan fingerprint density at radius 2 is 2.18 bits per heavy atom. The number of H-pyrrole nitrogens is 1. The predicted octanol–water partition coefficient (Wildman–Crippen LogP) is -1.59. The molecule has 0 aliphatic heterocycles. The first-order valence-corrected chi connectivity index (χ1v) is 3.83. The second-order valence-electron chi connectivity index (χ2n) is 1.62. The maximum atomic E-state index is 10.6. The molecular formula is C3H3N3O4S. The van der Waals surface area contributed by atoms with Gasteiger partial charge in [0, 0.05) is 0 Å². The molecule has 0 saturated heterocycles. The molecule has 0 aliphatic rings. The van der Waals surface area contributed by atoms with Gasteiger partial charge >= 0.3 is 10.1 Å². The van der Waals surface area contributed by atoms with Gasteiger partial charge in [-0.15, -0.1) is 5.10 Å². The lowest BCUT2D eigenvalue weighted by Gasteiger charge is -1.90. The second kappa shape index (κ2) is 2.40. The van der Waals surface area contributed by atoms with E-state index < -0.39 is 20.6 Å². The third-order valence-corrected chi connectivity index (χ3v) is 1.73. The van der Waals surface area contributed by atoms with Crippen molar-refractivity contribution in [3.05, 3.63) is 16.6 Å². The Bertz CT molecular complexity index is 407. The van der Waals surface area contributed by atoms with Crippen LogP contribution >= 0.6 is 0 Å². The maximum absolute atomic E-state index is 10.6. The van der Waals surface area contributed by atoms with Gasteiger partial charge in [-0.3, -0.25) is 9.35 Å². The third-order valence-electron chi connectivity index (χ3n) is 0.886. The summed E-state index contributed by atoms with van der Waals surface area (Å²) in [6, 6.07) is 0. The molecule has 0 fully saturated rings. The molecule has 0 bridgehead atoms. The lowest BCUT2D eigenvalue weighted by atomic mass is 10.7. The summed E-state index contributed by atoms with van der Waals surface area (Å²) >= 11 is 0. The summed E-state index contributed by atoms with van der Waals surface area (Å²) in [5.41, 5.74) is -0.998. The first-order valence-electron chi connectivity index (χ1n) is 2.39. The molecule has 1 rings (SSSR count). The van der Waals surface area contributed by atoms with Gasteiger partial charge in [0.1, 0.15) is 0 Å². The first-order chi connectivity index (χ1) is 5.02. The molecule has 0 radical (unpaired) electrons. The van der Waals surface area contributed by atoms with Gasteiger partial charge in [-0.2, -0.15) is 8.42 Å². The van der Waals surface area contributed by atoms with Gasteiger partial charge in [-0.25, -0.2) is 5.10 Å². The molecule has 1 heterocycles. The molecule has 0 aromatic carbocycles. The first kappa shape index (κ1) is 7.82. The smallest absolute Gasteiger partial charge is 0.282 e. The molecule has 7 nitrogen and oxygen atoms in total. The molecular weight excluding hydrogens is 174 g/mol. The Balaban J connectivity index is 3.50. The normalized spacial score (nSPS) is 11.4. The number of aromatic amines is 1. The minimum absolute atomic E-state index is 0.661. The monoisotopic (exact) mass is 177 g/mol. The van der Waals surface area contributed by atoms with Crippen LogP contribution in [-0.4, -0.2) is 28.4 Å². The summed E-state index contributed by atoms with van der Waals surface area (Å²) in [5.74, 6) is 0. The molecule has 11 heavy (non-hydrogen) atoms. The van der Waals surface area contributed by atoms with Crippen molar-refractivity contribution >= 4 is 10.1 Å². The molecule has 0 amide bonds. The number of hydrogen-bond acceptors (Lipinski definition) is 5. The maximum Gasteiger partial charge on any atom is 0.301 e. The minimum atomic E-state index is -4.48. The fourth-order valence-corrected chi connectivity index (χ4v) is 0.913. The second-order valence-corrected chi connectivity index (χ2v) is 3.01. The molecule has 8 heteroatoms. The zero-order valence-corrected chi connectivity index (χ0v) is 5.87. The SMILES string of the molecule is O=c1[nH]nncc1S(=O)(=O)O. The van der Waals surface area contributed by atoms with Crippen molar-refractivity contribution in [3.63, 3.8) is 0 Å². The van der Waals surface area contributed by atoms with E-state index in [0.717, 1.165) is 0 Å². The van der Waals surface area contributed by atoms with E-state index >= 15 is 0 Å². The van der Waals surface area contributed by atoms with Crippen LogP contribution in [0.15, 0.2) is 15.9 Å². The number of aromatic nitrogens is 3. The van der Waals surface area contributed by atoms with Crippen LogP contribution in [0, 0.1) is 0 Å². The Morgan fingerprint density at radius 1 is 1.55 bits per heavy atom. The van der Waals surface area contributed by atoms with E-state index in [1.807, 2.05) is 0 Å². The summed E-state index contributed by atoms with van der Waals surface area (Å²) in [7, 11) is -4.48. The van der Waals surface area contributed by atoms with Crippen LogP contribution in [0.5, 0.6) is 0 Å². The molecule has 1 aromatic rings. The van der Waals surface area contributed by atoms with Crippen LogP contribution in [0.4, 0.5) is 0 Å². The van der Waals surface area contributed by atoms with E-state index in [0.29, 0.717) is 6.20 Å². The average Bonchev–Trinajstić information content (AvgIpc) is 1.86. The van der Waals surface area contributed by atoms with E-state index in [1.165, 1.54) is 0 Å². The van der Waals surface area contributed by atoms with Gasteiger partial charge in [0.05, 0.1) is 6.20 Å². The van der Waals surface area contributed by atoms with Gasteiger partial charge in [0.15, 0.2) is 4.90 Å². The highest BCUT2D eigenvalue weighted by atomic mass is 32.2. The van der Waals surface area contributed by atoms with Gasteiger partial charge in [0.2, 0.25) is 0 Å². The van der Waals surface area contributed by atoms with Crippen LogP contribution in [0.1, 0.15) is 0 Å². The topological polar surface area (TPSA) is 113 Å². The molecule has 2 N–H and O–H groups in total. The van der Waals surface area contributed by atoms with Crippen LogP contribution < -0.4 is 5.56 Å². The molecule has 0 aliphatic carbocycles. The zero-order valence-electron chi connectivity index (χ0n) is 5.05. The zero-order chi connectivity index (χ0) is 8.48. The molecule has 60 valence electrons. The van der Waals surface area contributed by atoms with E-state index in [-0.39, 0.29) is 0 Å². The minimum Gasteiger partial charge on any atom is -0.282 e. The number of nitrogens with one attached hydrogen (secondary N) is 1. The average molecular weight is 177 g/mol. The van der Waals surface area contributed by atoms with Crippen molar-refractivity contribution in [2.75, 3.05) is 0 Å². The molecule has 1 aromatic heterocycles. The van der Waals surface area contributed by atoms with Crippen LogP contribution in [-0.2, 0) is 10.1 Å². The molecule has 0 spiro atoms. The standard InChI is InChI=1S/C3H3N3O4S/c7-3-2(11(8,9)10)1-4-6-5-3/h1H,(H,4,5,7)(H,8,9,10). The summed E-state index contributed by atoms with van der Waals surface area (Å²) in [6.07, 6.45) is 0.661. The molecule has 0 saturated carbocycles. The Morgan fingerprint density at radius 3 is 2.55 bits per heavy atom. The Hall–Kier alpha value is -1.28. The van der Waals surface area contributed by atoms with Gasteiger partial charge in [-0.05, 0) is 0 Å². The van der Waals surface area contributed by atoms with Crippen molar-refractivity contribution in [2.45, 2.75) is 4.90 Å². The van der Waals surface area contributed by atoms with Gasteiger partial charge < -0.3 is 0 Å². The summed E-state index contributed by atoms with van der Waals surface area (Å²) in [6.45, 7) is 0. The van der Waals surface area contributed by atoms with E-state index in [1.54, 1.807) is 5.10 Å². The number of hydrogen-bond donors (Lipinski definition) is 2. The highest BCUT2D eigenvalue weighted by Gasteiger charge is 2.14. The van der Waals surface area contributed by atoms with Gasteiger partial charge in [-0.1, -0.05) is 5.21 Å². The van der Waals surface area contributed by atoms with E-state index in [9.17, 15) is 13.2 Å². The van der Waals surface area contributed by atoms with Crippen LogP contribution in [0.3, 0.4) is 0 Å². The molecule has 0 unspecified atom stereocenters. The fraction of sp³-hybridized carbons (Fsp3) is 0. The highest BCUT2D eigenvalue weighted by Crippen LogP contribution is 1.94.